The average Bonchev–Trinajstić information content (AvgIpc) is 3.51. The highest BCUT2D eigenvalue weighted by Crippen LogP contribution is 2.35. The molecular weight excluding hydrogens is 576 g/mol. The second kappa shape index (κ2) is 12.6. The van der Waals surface area contributed by atoms with Crippen LogP contribution in [0.2, 0.25) is 0 Å². The summed E-state index contributed by atoms with van der Waals surface area (Å²) >= 11 is 0. The molecule has 11 nitrogen and oxygen atoms in total. The molecule has 2 aromatic carbocycles. The fourth-order valence-electron chi connectivity index (χ4n) is 5.98. The Hall–Kier alpha value is -3.87. The van der Waals surface area contributed by atoms with Gasteiger partial charge in [0, 0.05) is 63.3 Å². The van der Waals surface area contributed by atoms with Crippen LogP contribution in [0.25, 0.3) is 11.0 Å². The Balaban J connectivity index is 1.25. The highest BCUT2D eigenvalue weighted by atomic mass is 32.2. The molecule has 44 heavy (non-hydrogen) atoms. The van der Waals surface area contributed by atoms with Gasteiger partial charge < -0.3 is 30.2 Å². The SMILES string of the molecule is [2H]C([2H])([2H])Oc1cc(N2CCC(N3CCN(C)CC3)CC2)ccc1Nc1nc(Nc2ccccc2S(=O)(=O)C(C)C)c2cc[nH]c2n1. The van der Waals surface area contributed by atoms with E-state index in [1.807, 2.05) is 6.07 Å². The zero-order valence-corrected chi connectivity index (χ0v) is 26.2. The molecule has 2 aliphatic heterocycles. The molecule has 2 aromatic heterocycles. The van der Waals surface area contributed by atoms with E-state index in [-0.39, 0.29) is 16.6 Å². The van der Waals surface area contributed by atoms with Crippen LogP contribution in [0, 0.1) is 0 Å². The Kier molecular flexibility index (Phi) is 7.61. The Bertz CT molecular complexity index is 1820. The number of aromatic amines is 1. The number of aromatic nitrogens is 3. The maximum atomic E-state index is 13.1. The average molecular weight is 622 g/mol. The molecule has 0 bridgehead atoms. The van der Waals surface area contributed by atoms with Gasteiger partial charge in [-0.3, -0.25) is 4.90 Å². The quantitative estimate of drug-likeness (QED) is 0.239. The maximum absolute atomic E-state index is 13.1. The number of H-pyrrole nitrogens is 1. The lowest BCUT2D eigenvalue weighted by molar-refractivity contribution is 0.0982. The van der Waals surface area contributed by atoms with Gasteiger partial charge in [0.25, 0.3) is 0 Å². The van der Waals surface area contributed by atoms with Crippen LogP contribution in [0.15, 0.2) is 59.6 Å². The van der Waals surface area contributed by atoms with Crippen molar-refractivity contribution in [1.29, 1.82) is 0 Å². The van der Waals surface area contributed by atoms with E-state index < -0.39 is 22.1 Å². The third kappa shape index (κ3) is 6.19. The predicted molar refractivity (Wildman–Crippen MR) is 177 cm³/mol. The summed E-state index contributed by atoms with van der Waals surface area (Å²) in [5.74, 6) is 0.702. The molecule has 234 valence electrons. The van der Waals surface area contributed by atoms with Crippen molar-refractivity contribution in [2.24, 2.45) is 0 Å². The van der Waals surface area contributed by atoms with Crippen molar-refractivity contribution in [3.05, 3.63) is 54.7 Å². The number of likely N-dealkylation sites (N-methyl/N-ethyl adjacent to an activating group) is 1. The van der Waals surface area contributed by atoms with E-state index >= 15 is 0 Å². The first-order chi connectivity index (χ1) is 22.4. The molecule has 3 N–H and O–H groups in total. The number of sulfone groups is 1. The van der Waals surface area contributed by atoms with Crippen molar-refractivity contribution in [3.8, 4) is 5.75 Å². The highest BCUT2D eigenvalue weighted by molar-refractivity contribution is 7.92. The number of hydrogen-bond acceptors (Lipinski definition) is 10. The van der Waals surface area contributed by atoms with Crippen molar-refractivity contribution in [3.63, 3.8) is 0 Å². The number of nitrogens with zero attached hydrogens (tertiary/aromatic N) is 5. The van der Waals surface area contributed by atoms with E-state index in [0.717, 1.165) is 57.8 Å². The summed E-state index contributed by atoms with van der Waals surface area (Å²) in [6, 6.07) is 14.5. The van der Waals surface area contributed by atoms with Gasteiger partial charge in [0.2, 0.25) is 5.95 Å². The molecule has 2 saturated heterocycles. The number of ether oxygens (including phenoxy) is 1. The fraction of sp³-hybridized carbons (Fsp3) is 0.438. The smallest absolute Gasteiger partial charge is 0.231 e. The lowest BCUT2D eigenvalue weighted by Crippen LogP contribution is -2.52. The van der Waals surface area contributed by atoms with Gasteiger partial charge in [0.1, 0.15) is 17.2 Å². The van der Waals surface area contributed by atoms with Crippen molar-refractivity contribution in [2.45, 2.75) is 42.9 Å². The summed E-state index contributed by atoms with van der Waals surface area (Å²) < 4.78 is 55.2. The fourth-order valence-corrected chi connectivity index (χ4v) is 7.19. The molecule has 6 rings (SSSR count). The van der Waals surface area contributed by atoms with E-state index in [1.54, 1.807) is 62.5 Å². The summed E-state index contributed by atoms with van der Waals surface area (Å²) in [5.41, 5.74) is 2.17. The van der Waals surface area contributed by atoms with Crippen molar-refractivity contribution < 1.29 is 17.3 Å². The number of fused-ring (bicyclic) bond motifs is 1. The van der Waals surface area contributed by atoms with E-state index in [4.69, 9.17) is 8.85 Å². The first-order valence-corrected chi connectivity index (χ1v) is 16.6. The topological polar surface area (TPSA) is 119 Å². The third-order valence-corrected chi connectivity index (χ3v) is 10.9. The zero-order valence-electron chi connectivity index (χ0n) is 28.4. The summed E-state index contributed by atoms with van der Waals surface area (Å²) in [6.45, 7) is 9.39. The van der Waals surface area contributed by atoms with E-state index in [9.17, 15) is 8.42 Å². The van der Waals surface area contributed by atoms with Gasteiger partial charge in [0.15, 0.2) is 9.84 Å². The van der Waals surface area contributed by atoms with Gasteiger partial charge in [-0.05, 0) is 64.1 Å². The lowest BCUT2D eigenvalue weighted by atomic mass is 10.0. The molecule has 0 amide bonds. The standard InChI is InChI=1S/C32H42N8O3S/c1-22(2)44(41,42)29-8-6-5-7-27(29)34-31-25-11-14-33-30(25)36-32(37-31)35-26-10-9-24(21-28(26)43-4)39-15-12-23(13-16-39)40-19-17-38(3)18-20-40/h5-11,14,21-23H,12-13,15-20H2,1-4H3,(H3,33,34,35,36,37)/i4D3. The van der Waals surface area contributed by atoms with Crippen LogP contribution >= 0.6 is 0 Å². The Morgan fingerprint density at radius 3 is 2.50 bits per heavy atom. The molecule has 12 heteroatoms. The number of hydrogen-bond donors (Lipinski definition) is 3. The number of piperidine rings is 1. The monoisotopic (exact) mass is 621 g/mol. The van der Waals surface area contributed by atoms with E-state index in [2.05, 4.69) is 47.3 Å². The molecule has 0 aliphatic carbocycles. The summed E-state index contributed by atoms with van der Waals surface area (Å²) in [7, 11) is -4.09. The summed E-state index contributed by atoms with van der Waals surface area (Å²) in [5, 5.41) is 6.39. The second-order valence-electron chi connectivity index (χ2n) is 11.8. The van der Waals surface area contributed by atoms with Crippen LogP contribution in [0.5, 0.6) is 5.75 Å². The van der Waals surface area contributed by atoms with Crippen LogP contribution in [-0.4, -0.2) is 97.8 Å². The van der Waals surface area contributed by atoms with Crippen LogP contribution in [0.1, 0.15) is 30.8 Å². The van der Waals surface area contributed by atoms with Gasteiger partial charge in [0.05, 0.1) is 38.1 Å². The number of benzene rings is 2. The van der Waals surface area contributed by atoms with Crippen molar-refractivity contribution in [1.82, 2.24) is 24.8 Å². The number of methoxy groups -OCH3 is 1. The van der Waals surface area contributed by atoms with Gasteiger partial charge in [-0.2, -0.15) is 9.97 Å². The molecular formula is C32H42N8O3S. The largest absolute Gasteiger partial charge is 0.494 e. The van der Waals surface area contributed by atoms with Crippen LogP contribution in [-0.2, 0) is 9.84 Å². The Labute approximate surface area is 263 Å². The Morgan fingerprint density at radius 1 is 0.977 bits per heavy atom. The molecule has 0 spiro atoms. The molecule has 2 fully saturated rings. The molecule has 0 saturated carbocycles. The van der Waals surface area contributed by atoms with Crippen LogP contribution in [0.4, 0.5) is 28.8 Å². The molecule has 0 unspecified atom stereocenters. The number of rotatable bonds is 9. The number of nitrogens with one attached hydrogen (secondary N) is 3. The third-order valence-electron chi connectivity index (χ3n) is 8.69. The molecule has 4 aromatic rings. The summed E-state index contributed by atoms with van der Waals surface area (Å²) in [4.78, 5) is 19.8. The highest BCUT2D eigenvalue weighted by Gasteiger charge is 2.27. The minimum absolute atomic E-state index is 0.154. The number of para-hydroxylation sites is 1. The second-order valence-corrected chi connectivity index (χ2v) is 14.3. The van der Waals surface area contributed by atoms with Crippen molar-refractivity contribution in [2.75, 3.05) is 68.9 Å². The van der Waals surface area contributed by atoms with Crippen molar-refractivity contribution >= 4 is 49.7 Å². The minimum atomic E-state index is -3.58. The molecule has 0 atom stereocenters. The predicted octanol–water partition coefficient (Wildman–Crippen LogP) is 4.85. The zero-order chi connectivity index (χ0) is 33.3. The minimum Gasteiger partial charge on any atom is -0.494 e. The lowest BCUT2D eigenvalue weighted by Gasteiger charge is -2.42. The van der Waals surface area contributed by atoms with Gasteiger partial charge in [-0.1, -0.05) is 12.1 Å². The van der Waals surface area contributed by atoms with Gasteiger partial charge in [-0.15, -0.1) is 0 Å². The van der Waals surface area contributed by atoms with E-state index in [1.165, 1.54) is 0 Å². The number of anilines is 5. The first kappa shape index (κ1) is 26.5. The van der Waals surface area contributed by atoms with Gasteiger partial charge in [-0.25, -0.2) is 8.42 Å². The normalized spacial score (nSPS) is 18.6. The first-order valence-electron chi connectivity index (χ1n) is 16.6. The molecule has 4 heterocycles. The maximum Gasteiger partial charge on any atom is 0.231 e. The molecule has 0 radical (unpaired) electrons. The molecule has 2 aliphatic rings. The van der Waals surface area contributed by atoms with Crippen LogP contribution < -0.4 is 20.3 Å². The van der Waals surface area contributed by atoms with E-state index in [0.29, 0.717) is 34.3 Å². The number of piperazine rings is 1. The Morgan fingerprint density at radius 2 is 1.75 bits per heavy atom. The van der Waals surface area contributed by atoms with Crippen LogP contribution in [0.3, 0.4) is 0 Å². The van der Waals surface area contributed by atoms with Gasteiger partial charge >= 0.3 is 0 Å². The summed E-state index contributed by atoms with van der Waals surface area (Å²) in [6.07, 6.45) is 3.80.